The summed E-state index contributed by atoms with van der Waals surface area (Å²) in [5.41, 5.74) is 1.94. The predicted molar refractivity (Wildman–Crippen MR) is 171 cm³/mol. The molecule has 43 heavy (non-hydrogen) atoms. The Hall–Kier alpha value is -4.14. The summed E-state index contributed by atoms with van der Waals surface area (Å²) < 4.78 is 29.0. The molecule has 0 fully saturated rings. The highest BCUT2D eigenvalue weighted by molar-refractivity contribution is 7.92. The molecule has 4 aromatic carbocycles. The summed E-state index contributed by atoms with van der Waals surface area (Å²) in [5, 5.41) is 3.32. The van der Waals surface area contributed by atoms with Crippen molar-refractivity contribution in [3.63, 3.8) is 0 Å². The van der Waals surface area contributed by atoms with Crippen LogP contribution in [0.5, 0.6) is 0 Å². The number of halogens is 1. The van der Waals surface area contributed by atoms with Crippen molar-refractivity contribution >= 4 is 39.1 Å². The zero-order chi connectivity index (χ0) is 30.7. The molecule has 0 saturated heterocycles. The molecule has 4 rings (SSSR count). The van der Waals surface area contributed by atoms with E-state index in [9.17, 15) is 18.0 Å². The third-order valence-corrected chi connectivity index (χ3v) is 9.03. The van der Waals surface area contributed by atoms with Gasteiger partial charge in [-0.1, -0.05) is 110 Å². The number of hydrogen-bond acceptors (Lipinski definition) is 4. The molecule has 9 heteroatoms. The summed E-state index contributed by atoms with van der Waals surface area (Å²) in [6.07, 6.45) is 1.97. The van der Waals surface area contributed by atoms with E-state index in [0.717, 1.165) is 28.3 Å². The van der Waals surface area contributed by atoms with Crippen molar-refractivity contribution in [1.29, 1.82) is 0 Å². The Labute approximate surface area is 259 Å². The van der Waals surface area contributed by atoms with E-state index < -0.39 is 28.5 Å². The fraction of sp³-hybridized carbons (Fsp3) is 0.235. The fourth-order valence-electron chi connectivity index (χ4n) is 4.72. The summed E-state index contributed by atoms with van der Waals surface area (Å²) in [4.78, 5) is 29.6. The van der Waals surface area contributed by atoms with Crippen molar-refractivity contribution in [2.24, 2.45) is 0 Å². The van der Waals surface area contributed by atoms with Gasteiger partial charge in [0.25, 0.3) is 10.0 Å². The summed E-state index contributed by atoms with van der Waals surface area (Å²) >= 11 is 6.26. The highest BCUT2D eigenvalue weighted by Gasteiger charge is 2.34. The Morgan fingerprint density at radius 3 is 2.02 bits per heavy atom. The van der Waals surface area contributed by atoms with Crippen molar-refractivity contribution < 1.29 is 18.0 Å². The van der Waals surface area contributed by atoms with E-state index in [1.165, 1.54) is 23.1 Å². The molecule has 7 nitrogen and oxygen atoms in total. The minimum atomic E-state index is -4.17. The number of anilines is 1. The molecule has 0 aliphatic rings. The van der Waals surface area contributed by atoms with E-state index in [0.29, 0.717) is 11.6 Å². The molecule has 0 spiro atoms. The second kappa shape index (κ2) is 15.4. The molecule has 224 valence electrons. The third kappa shape index (κ3) is 8.69. The van der Waals surface area contributed by atoms with Gasteiger partial charge < -0.3 is 10.2 Å². The van der Waals surface area contributed by atoms with E-state index in [2.05, 4.69) is 5.32 Å². The van der Waals surface area contributed by atoms with Crippen LogP contribution in [0.2, 0.25) is 5.02 Å². The zero-order valence-corrected chi connectivity index (χ0v) is 25.7. The number of hydrogen-bond donors (Lipinski definition) is 1. The van der Waals surface area contributed by atoms with E-state index in [-0.39, 0.29) is 29.5 Å². The van der Waals surface area contributed by atoms with Crippen LogP contribution in [-0.4, -0.2) is 44.3 Å². The Balaban J connectivity index is 1.77. The molecule has 1 atom stereocenters. The molecule has 0 aliphatic heterocycles. The van der Waals surface area contributed by atoms with Gasteiger partial charge >= 0.3 is 0 Å². The third-order valence-electron chi connectivity index (χ3n) is 7.00. The lowest BCUT2D eigenvalue weighted by atomic mass is 10.0. The minimum Gasteiger partial charge on any atom is -0.354 e. The van der Waals surface area contributed by atoms with Gasteiger partial charge in [0, 0.05) is 24.5 Å². The van der Waals surface area contributed by atoms with E-state index in [1.807, 2.05) is 67.6 Å². The van der Waals surface area contributed by atoms with Gasteiger partial charge in [-0.2, -0.15) is 0 Å². The Morgan fingerprint density at radius 2 is 1.42 bits per heavy atom. The van der Waals surface area contributed by atoms with Gasteiger partial charge in [0.2, 0.25) is 11.8 Å². The lowest BCUT2D eigenvalue weighted by Gasteiger charge is -2.34. The molecule has 1 N–H and O–H groups in total. The standard InChI is InChI=1S/C34H36ClN3O4S/c1-2-3-22-36-34(40)32(23-27-14-7-4-8-15-27)37(25-28-16-9-5-10-17-28)33(39)26-38(30-19-13-18-29(35)24-30)43(41,42)31-20-11-6-12-21-31/h4-21,24,32H,2-3,22-23,25-26H2,1H3,(H,36,40). The van der Waals surface area contributed by atoms with Gasteiger partial charge in [-0.05, 0) is 47.9 Å². The molecule has 0 saturated carbocycles. The van der Waals surface area contributed by atoms with Crippen LogP contribution in [0.3, 0.4) is 0 Å². The van der Waals surface area contributed by atoms with E-state index in [4.69, 9.17) is 11.6 Å². The SMILES string of the molecule is CCCCNC(=O)C(Cc1ccccc1)N(Cc1ccccc1)C(=O)CN(c1cccc(Cl)c1)S(=O)(=O)c1ccccc1. The fourth-order valence-corrected chi connectivity index (χ4v) is 6.33. The first-order valence-electron chi connectivity index (χ1n) is 14.3. The maximum atomic E-state index is 14.4. The van der Waals surface area contributed by atoms with Crippen LogP contribution in [0.4, 0.5) is 5.69 Å². The normalized spacial score (nSPS) is 11.9. The van der Waals surface area contributed by atoms with Crippen molar-refractivity contribution in [2.75, 3.05) is 17.4 Å². The molecule has 2 amide bonds. The van der Waals surface area contributed by atoms with Crippen molar-refractivity contribution in [2.45, 2.75) is 43.7 Å². The van der Waals surface area contributed by atoms with Crippen LogP contribution in [0, 0.1) is 0 Å². The van der Waals surface area contributed by atoms with Crippen molar-refractivity contribution in [1.82, 2.24) is 10.2 Å². The predicted octanol–water partition coefficient (Wildman–Crippen LogP) is 6.09. The number of rotatable bonds is 14. The second-order valence-corrected chi connectivity index (χ2v) is 12.5. The highest BCUT2D eigenvalue weighted by atomic mass is 35.5. The van der Waals surface area contributed by atoms with Gasteiger partial charge in [0.05, 0.1) is 10.6 Å². The Kier molecular flexibility index (Phi) is 11.4. The van der Waals surface area contributed by atoms with Crippen molar-refractivity contribution in [3.8, 4) is 0 Å². The molecule has 0 bridgehead atoms. The number of carbonyl (C=O) groups is 2. The van der Waals surface area contributed by atoms with Crippen LogP contribution in [0.15, 0.2) is 120 Å². The largest absolute Gasteiger partial charge is 0.354 e. The lowest BCUT2D eigenvalue weighted by Crippen LogP contribution is -2.53. The van der Waals surface area contributed by atoms with Gasteiger partial charge in [-0.15, -0.1) is 0 Å². The number of nitrogens with zero attached hydrogens (tertiary/aromatic N) is 2. The number of amides is 2. The summed E-state index contributed by atoms with van der Waals surface area (Å²) in [6, 6.07) is 32.3. The number of sulfonamides is 1. The molecule has 4 aromatic rings. The number of nitrogens with one attached hydrogen (secondary N) is 1. The molecule has 0 aliphatic carbocycles. The van der Waals surface area contributed by atoms with Crippen LogP contribution in [-0.2, 0) is 32.6 Å². The molecule has 1 unspecified atom stereocenters. The number of unbranched alkanes of at least 4 members (excludes halogenated alkanes) is 1. The summed E-state index contributed by atoms with van der Waals surface area (Å²) in [5.74, 6) is -0.809. The quantitative estimate of drug-likeness (QED) is 0.174. The summed E-state index contributed by atoms with van der Waals surface area (Å²) in [7, 11) is -4.17. The van der Waals surface area contributed by atoms with Crippen LogP contribution in [0.25, 0.3) is 0 Å². The first kappa shape index (κ1) is 31.8. The molecule has 0 aromatic heterocycles. The first-order chi connectivity index (χ1) is 20.8. The van der Waals surface area contributed by atoms with Crippen LogP contribution >= 0.6 is 11.6 Å². The maximum absolute atomic E-state index is 14.4. The number of benzene rings is 4. The number of carbonyl (C=O) groups excluding carboxylic acids is 2. The van der Waals surface area contributed by atoms with Crippen molar-refractivity contribution in [3.05, 3.63) is 131 Å². The molecular formula is C34H36ClN3O4S. The first-order valence-corrected chi connectivity index (χ1v) is 16.1. The zero-order valence-electron chi connectivity index (χ0n) is 24.1. The van der Waals surface area contributed by atoms with Crippen LogP contribution < -0.4 is 9.62 Å². The summed E-state index contributed by atoms with van der Waals surface area (Å²) in [6.45, 7) is 2.10. The minimum absolute atomic E-state index is 0.0375. The molecular weight excluding hydrogens is 582 g/mol. The van der Waals surface area contributed by atoms with Gasteiger partial charge in [-0.25, -0.2) is 8.42 Å². The topological polar surface area (TPSA) is 86.8 Å². The molecule has 0 radical (unpaired) electrons. The van der Waals surface area contributed by atoms with E-state index in [1.54, 1.807) is 36.4 Å². The van der Waals surface area contributed by atoms with Crippen LogP contribution in [0.1, 0.15) is 30.9 Å². The van der Waals surface area contributed by atoms with Gasteiger partial charge in [0.15, 0.2) is 0 Å². The smallest absolute Gasteiger partial charge is 0.264 e. The average molecular weight is 618 g/mol. The highest BCUT2D eigenvalue weighted by Crippen LogP contribution is 2.27. The monoisotopic (exact) mass is 617 g/mol. The lowest BCUT2D eigenvalue weighted by molar-refractivity contribution is -0.140. The molecule has 0 heterocycles. The second-order valence-electron chi connectivity index (χ2n) is 10.2. The maximum Gasteiger partial charge on any atom is 0.264 e. The van der Waals surface area contributed by atoms with Gasteiger partial charge in [0.1, 0.15) is 12.6 Å². The Morgan fingerprint density at radius 1 is 0.814 bits per heavy atom. The average Bonchev–Trinajstić information content (AvgIpc) is 3.03. The Bertz CT molecular complexity index is 1590. The van der Waals surface area contributed by atoms with Gasteiger partial charge in [-0.3, -0.25) is 13.9 Å². The van der Waals surface area contributed by atoms with E-state index >= 15 is 0 Å².